The highest BCUT2D eigenvalue weighted by Crippen LogP contribution is 2.48. The molecule has 5 rings (SSSR count). The number of para-hydroxylation sites is 1. The van der Waals surface area contributed by atoms with Crippen LogP contribution in [0.25, 0.3) is 0 Å². The molecule has 10 nitrogen and oxygen atoms in total. The smallest absolute Gasteiger partial charge is 0.294 e. The van der Waals surface area contributed by atoms with Crippen LogP contribution in [0.2, 0.25) is 0 Å². The molecule has 3 amide bonds. The van der Waals surface area contributed by atoms with Crippen molar-refractivity contribution in [1.29, 1.82) is 0 Å². The number of benzene rings is 3. The fourth-order valence-corrected chi connectivity index (χ4v) is 6.81. The van der Waals surface area contributed by atoms with Crippen molar-refractivity contribution in [3.8, 4) is 0 Å². The van der Waals surface area contributed by atoms with Crippen molar-refractivity contribution in [1.82, 2.24) is 10.2 Å². The topological polar surface area (TPSA) is 127 Å². The molecular formula is C36H35ClN4O6S2. The Morgan fingerprint density at radius 2 is 1.59 bits per heavy atom. The molecule has 2 aliphatic heterocycles. The molecule has 0 aromatic heterocycles. The lowest BCUT2D eigenvalue weighted by molar-refractivity contribution is -0.128. The largest absolute Gasteiger partial charge is 0.355 e. The molecule has 13 heteroatoms. The average Bonchev–Trinajstić information content (AvgIpc) is 3.29. The second kappa shape index (κ2) is 14.9. The number of amides is 3. The number of hydrogen-bond acceptors (Lipinski definition) is 7. The number of hydrogen-bond donors (Lipinski definition) is 2. The standard InChI is InChI=1S/C36H35ClN4O6S2/c1-36(2)29-22-27(49(45,46)47)18-19-30(29)39(21-11-20-38-32(42)23-37)31(36)17-10-9-16-28-33(43)40(24-25-12-5-3-6-13-25)35(48)41(34(28)44)26-14-7-4-8-15-26/h3-10,12-19,22H,11,20-21,23-24H2,1-2H3,(H,38,42)(H,45,46,47)/b10-9+,28-16+,31-17+. The van der Waals surface area contributed by atoms with E-state index in [0.717, 1.165) is 16.9 Å². The maximum atomic E-state index is 13.8. The zero-order valence-electron chi connectivity index (χ0n) is 26.9. The number of nitrogens with zero attached hydrogens (tertiary/aromatic N) is 3. The van der Waals surface area contributed by atoms with E-state index in [1.54, 1.807) is 42.5 Å². The van der Waals surface area contributed by atoms with Gasteiger partial charge in [-0.1, -0.05) is 74.5 Å². The van der Waals surface area contributed by atoms with Crippen LogP contribution in [0.4, 0.5) is 11.4 Å². The lowest BCUT2D eigenvalue weighted by Gasteiger charge is -2.36. The van der Waals surface area contributed by atoms with Gasteiger partial charge < -0.3 is 10.2 Å². The summed E-state index contributed by atoms with van der Waals surface area (Å²) in [6.45, 7) is 4.89. The molecule has 0 saturated carbocycles. The van der Waals surface area contributed by atoms with Crippen LogP contribution >= 0.6 is 23.8 Å². The van der Waals surface area contributed by atoms with Crippen LogP contribution in [0.3, 0.4) is 0 Å². The second-order valence-electron chi connectivity index (χ2n) is 11.9. The number of fused-ring (bicyclic) bond motifs is 1. The predicted octanol–water partition coefficient (Wildman–Crippen LogP) is 5.50. The molecule has 49 heavy (non-hydrogen) atoms. The molecule has 2 aliphatic rings. The Morgan fingerprint density at radius 3 is 2.24 bits per heavy atom. The highest BCUT2D eigenvalue weighted by molar-refractivity contribution is 7.85. The molecule has 2 heterocycles. The van der Waals surface area contributed by atoms with Gasteiger partial charge in [0.25, 0.3) is 21.9 Å². The van der Waals surface area contributed by atoms with Crippen molar-refractivity contribution < 1.29 is 27.4 Å². The number of rotatable bonds is 11. The monoisotopic (exact) mass is 718 g/mol. The van der Waals surface area contributed by atoms with E-state index in [-0.39, 0.29) is 33.9 Å². The van der Waals surface area contributed by atoms with Gasteiger partial charge in [-0.2, -0.15) is 8.42 Å². The van der Waals surface area contributed by atoms with Gasteiger partial charge in [-0.3, -0.25) is 28.7 Å². The number of halogens is 1. The molecule has 2 N–H and O–H groups in total. The van der Waals surface area contributed by atoms with Crippen LogP contribution < -0.4 is 15.1 Å². The van der Waals surface area contributed by atoms with E-state index in [1.807, 2.05) is 61.2 Å². The van der Waals surface area contributed by atoms with E-state index in [4.69, 9.17) is 23.8 Å². The minimum absolute atomic E-state index is 0.0679. The van der Waals surface area contributed by atoms with Gasteiger partial charge in [0.1, 0.15) is 11.5 Å². The Labute approximate surface area is 296 Å². The van der Waals surface area contributed by atoms with Crippen LogP contribution in [-0.2, 0) is 36.5 Å². The van der Waals surface area contributed by atoms with Crippen LogP contribution in [0, 0.1) is 0 Å². The minimum Gasteiger partial charge on any atom is -0.355 e. The molecule has 3 aromatic carbocycles. The first-order valence-corrected chi connectivity index (χ1v) is 17.8. The van der Waals surface area contributed by atoms with E-state index < -0.39 is 27.3 Å². The number of anilines is 2. The summed E-state index contributed by atoms with van der Waals surface area (Å²) in [7, 11) is -4.44. The summed E-state index contributed by atoms with van der Waals surface area (Å²) >= 11 is 11.3. The molecule has 0 unspecified atom stereocenters. The number of carbonyl (C=O) groups excluding carboxylic acids is 3. The van der Waals surface area contributed by atoms with Crippen LogP contribution in [0.5, 0.6) is 0 Å². The molecule has 254 valence electrons. The maximum absolute atomic E-state index is 13.8. The second-order valence-corrected chi connectivity index (χ2v) is 14.0. The maximum Gasteiger partial charge on any atom is 0.294 e. The summed E-state index contributed by atoms with van der Waals surface area (Å²) in [5.74, 6) is -1.49. The Morgan fingerprint density at radius 1 is 0.939 bits per heavy atom. The average molecular weight is 719 g/mol. The van der Waals surface area contributed by atoms with Gasteiger partial charge in [-0.05, 0) is 72.2 Å². The number of alkyl halides is 1. The number of nitrogens with one attached hydrogen (secondary N) is 1. The molecule has 0 bridgehead atoms. The SMILES string of the molecule is CC1(C)\C(=C/C=C/C=C2\C(=O)N(Cc3ccccc3)C(=S)N(c3ccccc3)C2=O)N(CCCNC(=O)CCl)c2ccc(S(=O)(=O)O)cc21. The van der Waals surface area contributed by atoms with Crippen molar-refractivity contribution in [3.05, 3.63) is 126 Å². The van der Waals surface area contributed by atoms with E-state index in [1.165, 1.54) is 28.0 Å². The Kier molecular flexibility index (Phi) is 10.8. The molecule has 3 aromatic rings. The summed E-state index contributed by atoms with van der Waals surface area (Å²) in [4.78, 5) is 43.8. The van der Waals surface area contributed by atoms with Crippen molar-refractivity contribution in [2.45, 2.75) is 37.1 Å². The summed E-state index contributed by atoms with van der Waals surface area (Å²) in [5, 5.41) is 2.83. The lowest BCUT2D eigenvalue weighted by atomic mass is 9.83. The lowest BCUT2D eigenvalue weighted by Crippen LogP contribution is -2.56. The normalized spacial score (nSPS) is 17.8. The summed E-state index contributed by atoms with van der Waals surface area (Å²) in [6.07, 6.45) is 7.18. The van der Waals surface area contributed by atoms with E-state index in [0.29, 0.717) is 30.8 Å². The zero-order chi connectivity index (χ0) is 35.3. The molecule has 1 saturated heterocycles. The van der Waals surface area contributed by atoms with E-state index >= 15 is 0 Å². The highest BCUT2D eigenvalue weighted by atomic mass is 35.5. The fourth-order valence-electron chi connectivity index (χ4n) is 5.87. The van der Waals surface area contributed by atoms with Crippen molar-refractivity contribution in [3.63, 3.8) is 0 Å². The summed E-state index contributed by atoms with van der Waals surface area (Å²) < 4.78 is 33.7. The molecule has 1 fully saturated rings. The van der Waals surface area contributed by atoms with Crippen LogP contribution in [0.15, 0.2) is 119 Å². The van der Waals surface area contributed by atoms with Gasteiger partial charge in [-0.25, -0.2) is 0 Å². The van der Waals surface area contributed by atoms with E-state index in [9.17, 15) is 27.4 Å². The molecule has 0 aliphatic carbocycles. The van der Waals surface area contributed by atoms with Gasteiger partial charge in [0.2, 0.25) is 5.91 Å². The van der Waals surface area contributed by atoms with Crippen molar-refractivity contribution in [2.75, 3.05) is 28.8 Å². The minimum atomic E-state index is -4.44. The first kappa shape index (κ1) is 35.7. The molecule has 0 radical (unpaired) electrons. The third-order valence-electron chi connectivity index (χ3n) is 8.32. The third kappa shape index (κ3) is 7.67. The number of carbonyl (C=O) groups is 3. The van der Waals surface area contributed by atoms with Gasteiger partial charge in [0.05, 0.1) is 17.1 Å². The number of thiocarbonyl (C=S) groups is 1. The van der Waals surface area contributed by atoms with Crippen LogP contribution in [-0.4, -0.2) is 59.7 Å². The van der Waals surface area contributed by atoms with Gasteiger partial charge in [0, 0.05) is 29.9 Å². The summed E-state index contributed by atoms with van der Waals surface area (Å²) in [5.41, 5.74) is 2.85. The van der Waals surface area contributed by atoms with E-state index in [2.05, 4.69) is 5.32 Å². The highest BCUT2D eigenvalue weighted by Gasteiger charge is 2.41. The molecule has 0 spiro atoms. The Bertz CT molecular complexity index is 1980. The zero-order valence-corrected chi connectivity index (χ0v) is 29.3. The summed E-state index contributed by atoms with van der Waals surface area (Å²) in [6, 6.07) is 22.7. The first-order valence-electron chi connectivity index (χ1n) is 15.4. The fraction of sp³-hybridized carbons (Fsp3) is 0.222. The third-order valence-corrected chi connectivity index (χ3v) is 9.82. The van der Waals surface area contributed by atoms with Crippen LogP contribution in [0.1, 0.15) is 31.4 Å². The van der Waals surface area contributed by atoms with Gasteiger partial charge in [0.15, 0.2) is 5.11 Å². The van der Waals surface area contributed by atoms with Gasteiger partial charge >= 0.3 is 0 Å². The first-order chi connectivity index (χ1) is 23.3. The Hall–Kier alpha value is -4.62. The predicted molar refractivity (Wildman–Crippen MR) is 194 cm³/mol. The van der Waals surface area contributed by atoms with Gasteiger partial charge in [-0.15, -0.1) is 11.6 Å². The molecule has 0 atom stereocenters. The number of allylic oxidation sites excluding steroid dienone is 5. The molecular weight excluding hydrogens is 684 g/mol. The Balaban J connectivity index is 1.49. The quantitative estimate of drug-likeness (QED) is 0.0665. The van der Waals surface area contributed by atoms with Crippen molar-refractivity contribution >= 4 is 68.1 Å². The van der Waals surface area contributed by atoms with Crippen molar-refractivity contribution in [2.24, 2.45) is 0 Å².